The van der Waals surface area contributed by atoms with E-state index in [1.54, 1.807) is 11.3 Å². The van der Waals surface area contributed by atoms with E-state index in [0.29, 0.717) is 0 Å². The molecule has 0 atom stereocenters. The number of hydrogen-bond acceptors (Lipinski definition) is 4. The molecule has 1 N–H and O–H groups in total. The molecule has 0 bridgehead atoms. The van der Waals surface area contributed by atoms with Gasteiger partial charge in [0.05, 0.1) is 11.9 Å². The Morgan fingerprint density at radius 1 is 0.821 bits per heavy atom. The lowest BCUT2D eigenvalue weighted by molar-refractivity contribution is 1.29. The molecule has 4 heteroatoms. The van der Waals surface area contributed by atoms with Gasteiger partial charge in [0.15, 0.2) is 0 Å². The lowest BCUT2D eigenvalue weighted by atomic mass is 9.99. The number of hydrogen-bond donors (Lipinski definition) is 1. The van der Waals surface area contributed by atoms with Crippen LogP contribution in [0.4, 0.5) is 5.13 Å². The minimum Gasteiger partial charge on any atom is -0.253 e. The van der Waals surface area contributed by atoms with E-state index in [2.05, 4.69) is 84.0 Å². The van der Waals surface area contributed by atoms with Crippen LogP contribution in [0, 0.1) is 13.8 Å². The molecule has 0 aliphatic rings. The number of anilines is 1. The molecule has 0 radical (unpaired) electrons. The summed E-state index contributed by atoms with van der Waals surface area (Å²) in [7, 11) is 0. The number of thiazole rings is 1. The van der Waals surface area contributed by atoms with Crippen molar-refractivity contribution < 1.29 is 0 Å². The minimum atomic E-state index is 0.778. The molecule has 0 unspecified atom stereocenters. The van der Waals surface area contributed by atoms with Crippen LogP contribution in [0.2, 0.25) is 0 Å². The van der Waals surface area contributed by atoms with E-state index in [9.17, 15) is 0 Å². The summed E-state index contributed by atoms with van der Waals surface area (Å²) < 4.78 is 0. The zero-order valence-corrected chi connectivity index (χ0v) is 16.7. The third-order valence-corrected chi connectivity index (χ3v) is 5.14. The largest absolute Gasteiger partial charge is 0.253 e. The van der Waals surface area contributed by atoms with Crippen molar-refractivity contribution in [3.63, 3.8) is 0 Å². The van der Waals surface area contributed by atoms with E-state index in [-0.39, 0.29) is 0 Å². The van der Waals surface area contributed by atoms with E-state index in [1.165, 1.54) is 22.3 Å². The highest BCUT2D eigenvalue weighted by Crippen LogP contribution is 2.25. The minimum absolute atomic E-state index is 0.778. The summed E-state index contributed by atoms with van der Waals surface area (Å²) in [5.74, 6) is 0. The highest BCUT2D eigenvalue weighted by atomic mass is 32.1. The Bertz CT molecular complexity index is 1090. The fourth-order valence-electron chi connectivity index (χ4n) is 3.17. The Hall–Kier alpha value is -3.24. The first-order valence-electron chi connectivity index (χ1n) is 9.16. The molecule has 4 aromatic rings. The molecule has 0 fully saturated rings. The SMILES string of the molecule is Cc1cc(C)cc(-c2cccc(C=NNc3nc(-c4ccccc4)cs3)c2)c1. The first-order chi connectivity index (χ1) is 13.7. The van der Waals surface area contributed by atoms with Gasteiger partial charge < -0.3 is 0 Å². The summed E-state index contributed by atoms with van der Waals surface area (Å²) in [6, 6.07) is 25.2. The molecule has 3 nitrogen and oxygen atoms in total. The lowest BCUT2D eigenvalue weighted by Crippen LogP contribution is -1.91. The van der Waals surface area contributed by atoms with E-state index < -0.39 is 0 Å². The predicted molar refractivity (Wildman–Crippen MR) is 120 cm³/mol. The van der Waals surface area contributed by atoms with Crippen LogP contribution in [0.3, 0.4) is 0 Å². The second kappa shape index (κ2) is 8.19. The van der Waals surface area contributed by atoms with Gasteiger partial charge in [-0.3, -0.25) is 5.43 Å². The summed E-state index contributed by atoms with van der Waals surface area (Å²) in [6.07, 6.45) is 1.83. The van der Waals surface area contributed by atoms with Crippen LogP contribution in [0.15, 0.2) is 83.3 Å². The average Bonchev–Trinajstić information content (AvgIpc) is 3.17. The number of hydrazone groups is 1. The van der Waals surface area contributed by atoms with Crippen LogP contribution in [0.1, 0.15) is 16.7 Å². The number of aryl methyl sites for hydroxylation is 2. The Kier molecular flexibility index (Phi) is 5.31. The monoisotopic (exact) mass is 383 g/mol. The smallest absolute Gasteiger partial charge is 0.203 e. The summed E-state index contributed by atoms with van der Waals surface area (Å²) in [5.41, 5.74) is 11.1. The number of nitrogens with zero attached hydrogens (tertiary/aromatic N) is 2. The molecule has 28 heavy (non-hydrogen) atoms. The van der Waals surface area contributed by atoms with Gasteiger partial charge >= 0.3 is 0 Å². The number of rotatable bonds is 5. The molecule has 0 spiro atoms. The van der Waals surface area contributed by atoms with Gasteiger partial charge in [-0.1, -0.05) is 77.9 Å². The Morgan fingerprint density at radius 3 is 2.36 bits per heavy atom. The molecule has 4 rings (SSSR count). The second-order valence-corrected chi connectivity index (χ2v) is 7.63. The Balaban J connectivity index is 1.48. The topological polar surface area (TPSA) is 37.3 Å². The maximum atomic E-state index is 4.59. The van der Waals surface area contributed by atoms with E-state index in [0.717, 1.165) is 22.0 Å². The van der Waals surface area contributed by atoms with Crippen LogP contribution in [0.25, 0.3) is 22.4 Å². The molecule has 1 aromatic heterocycles. The van der Waals surface area contributed by atoms with E-state index in [1.807, 2.05) is 29.8 Å². The molecule has 0 saturated carbocycles. The predicted octanol–water partition coefficient (Wildman–Crippen LogP) is 6.54. The Labute approximate surface area is 169 Å². The summed E-state index contributed by atoms with van der Waals surface area (Å²) in [4.78, 5) is 4.59. The molecule has 0 aliphatic heterocycles. The molecule has 0 saturated heterocycles. The van der Waals surface area contributed by atoms with E-state index in [4.69, 9.17) is 0 Å². The van der Waals surface area contributed by atoms with Gasteiger partial charge in [0.25, 0.3) is 0 Å². The highest BCUT2D eigenvalue weighted by molar-refractivity contribution is 7.14. The molecular weight excluding hydrogens is 362 g/mol. The lowest BCUT2D eigenvalue weighted by Gasteiger charge is -2.06. The third-order valence-electron chi connectivity index (χ3n) is 4.39. The molecule has 0 amide bonds. The van der Waals surface area contributed by atoms with Crippen molar-refractivity contribution in [2.75, 3.05) is 5.43 Å². The van der Waals surface area contributed by atoms with Gasteiger partial charge in [-0.2, -0.15) is 5.10 Å². The zero-order chi connectivity index (χ0) is 19.3. The first-order valence-corrected chi connectivity index (χ1v) is 10.0. The normalized spacial score (nSPS) is 11.1. The Morgan fingerprint density at radius 2 is 1.57 bits per heavy atom. The third kappa shape index (κ3) is 4.35. The van der Waals surface area contributed by atoms with Crippen molar-refractivity contribution >= 4 is 22.7 Å². The standard InChI is InChI=1S/C24H21N3S/c1-17-11-18(2)13-22(12-17)21-10-6-7-19(14-21)15-25-27-24-26-23(16-28-24)20-8-4-3-5-9-20/h3-16H,1-2H3,(H,26,27). The average molecular weight is 384 g/mol. The number of aromatic nitrogens is 1. The van der Waals surface area contributed by atoms with E-state index >= 15 is 0 Å². The maximum absolute atomic E-state index is 4.59. The quantitative estimate of drug-likeness (QED) is 0.314. The number of nitrogens with one attached hydrogen (secondary N) is 1. The summed E-state index contributed by atoms with van der Waals surface area (Å²) in [6.45, 7) is 4.26. The first kappa shape index (κ1) is 18.1. The maximum Gasteiger partial charge on any atom is 0.203 e. The zero-order valence-electron chi connectivity index (χ0n) is 15.9. The van der Waals surface area contributed by atoms with Crippen molar-refractivity contribution in [1.82, 2.24) is 4.98 Å². The molecular formula is C24H21N3S. The fraction of sp³-hybridized carbons (Fsp3) is 0.0833. The van der Waals surface area contributed by atoms with Crippen molar-refractivity contribution in [2.24, 2.45) is 5.10 Å². The van der Waals surface area contributed by atoms with Crippen molar-refractivity contribution in [1.29, 1.82) is 0 Å². The van der Waals surface area contributed by atoms with Crippen LogP contribution in [0.5, 0.6) is 0 Å². The molecule has 138 valence electrons. The van der Waals surface area contributed by atoms with Gasteiger partial charge in [0.2, 0.25) is 5.13 Å². The van der Waals surface area contributed by atoms with Gasteiger partial charge in [0, 0.05) is 10.9 Å². The summed E-state index contributed by atoms with van der Waals surface area (Å²) >= 11 is 1.55. The fourth-order valence-corrected chi connectivity index (χ4v) is 3.84. The van der Waals surface area contributed by atoms with Crippen molar-refractivity contribution in [3.8, 4) is 22.4 Å². The van der Waals surface area contributed by atoms with Crippen LogP contribution in [-0.4, -0.2) is 11.2 Å². The van der Waals surface area contributed by atoms with Crippen LogP contribution < -0.4 is 5.43 Å². The second-order valence-electron chi connectivity index (χ2n) is 6.78. The number of benzene rings is 3. The molecule has 0 aliphatic carbocycles. The molecule has 3 aromatic carbocycles. The summed E-state index contributed by atoms with van der Waals surface area (Å²) in [5, 5.41) is 7.18. The molecule has 1 heterocycles. The van der Waals surface area contributed by atoms with Crippen molar-refractivity contribution in [3.05, 3.63) is 94.9 Å². The van der Waals surface area contributed by atoms with Crippen LogP contribution in [-0.2, 0) is 0 Å². The van der Waals surface area contributed by atoms with Gasteiger partial charge in [-0.05, 0) is 36.6 Å². The van der Waals surface area contributed by atoms with Crippen LogP contribution >= 0.6 is 11.3 Å². The van der Waals surface area contributed by atoms with Crippen molar-refractivity contribution in [2.45, 2.75) is 13.8 Å². The van der Waals surface area contributed by atoms with Gasteiger partial charge in [-0.15, -0.1) is 11.3 Å². The van der Waals surface area contributed by atoms with Gasteiger partial charge in [0.1, 0.15) is 0 Å². The highest BCUT2D eigenvalue weighted by Gasteiger charge is 2.03. The van der Waals surface area contributed by atoms with Gasteiger partial charge in [-0.25, -0.2) is 4.98 Å².